The number of likely N-dealkylation sites (N-methyl/N-ethyl adjacent to an activating group) is 1. The maximum absolute atomic E-state index is 9.82. The second kappa shape index (κ2) is 8.36. The summed E-state index contributed by atoms with van der Waals surface area (Å²) in [6.07, 6.45) is 3.46. The normalized spacial score (nSPS) is 13.1. The van der Waals surface area contributed by atoms with Crippen LogP contribution in [0.2, 0.25) is 0 Å². The third-order valence-corrected chi connectivity index (χ3v) is 3.69. The molecule has 0 bridgehead atoms. The molecule has 2 N–H and O–H groups in total. The molecule has 0 saturated heterocycles. The molecule has 0 radical (unpaired) electrons. The van der Waals surface area contributed by atoms with Crippen molar-refractivity contribution in [3.63, 3.8) is 0 Å². The van der Waals surface area contributed by atoms with E-state index in [2.05, 4.69) is 37.4 Å². The van der Waals surface area contributed by atoms with E-state index in [1.54, 1.807) is 0 Å². The largest absolute Gasteiger partial charge is 0.491 e. The van der Waals surface area contributed by atoms with Gasteiger partial charge in [-0.3, -0.25) is 4.68 Å². The van der Waals surface area contributed by atoms with Crippen molar-refractivity contribution in [1.29, 1.82) is 0 Å². The van der Waals surface area contributed by atoms with E-state index in [1.165, 1.54) is 0 Å². The molecule has 0 aliphatic rings. The third kappa shape index (κ3) is 6.40. The highest BCUT2D eigenvalue weighted by molar-refractivity contribution is 5.46. The number of hydrogen-bond acceptors (Lipinski definition) is 5. The molecular formula is C19H30N4O2. The van der Waals surface area contributed by atoms with Gasteiger partial charge in [-0.2, -0.15) is 5.10 Å². The van der Waals surface area contributed by atoms with Crippen LogP contribution in [0, 0.1) is 0 Å². The SMILES string of the molecule is CN(C)CC(O)COc1ccc(NCc2cnn(C(C)(C)C)c2)cc1. The number of ether oxygens (including phenoxy) is 1. The second-order valence-electron chi connectivity index (χ2n) is 7.57. The van der Waals surface area contributed by atoms with E-state index in [0.29, 0.717) is 6.54 Å². The van der Waals surface area contributed by atoms with Crippen LogP contribution in [0.1, 0.15) is 26.3 Å². The zero-order valence-electron chi connectivity index (χ0n) is 15.9. The summed E-state index contributed by atoms with van der Waals surface area (Å²) in [5.74, 6) is 0.754. The lowest BCUT2D eigenvalue weighted by atomic mass is 10.1. The molecule has 0 amide bonds. The van der Waals surface area contributed by atoms with Gasteiger partial charge in [0.25, 0.3) is 0 Å². The average molecular weight is 346 g/mol. The predicted octanol–water partition coefficient (Wildman–Crippen LogP) is 2.55. The van der Waals surface area contributed by atoms with E-state index in [0.717, 1.165) is 23.5 Å². The number of aromatic nitrogens is 2. The van der Waals surface area contributed by atoms with Gasteiger partial charge in [-0.15, -0.1) is 0 Å². The van der Waals surface area contributed by atoms with Gasteiger partial charge in [0.1, 0.15) is 18.5 Å². The van der Waals surface area contributed by atoms with Crippen LogP contribution in [0.4, 0.5) is 5.69 Å². The smallest absolute Gasteiger partial charge is 0.119 e. The summed E-state index contributed by atoms with van der Waals surface area (Å²) in [6.45, 7) is 7.99. The fraction of sp³-hybridized carbons (Fsp3) is 0.526. The molecule has 1 aromatic heterocycles. The second-order valence-corrected chi connectivity index (χ2v) is 7.57. The molecule has 0 saturated carbocycles. The molecule has 1 atom stereocenters. The first-order chi connectivity index (χ1) is 11.7. The first-order valence-electron chi connectivity index (χ1n) is 8.57. The van der Waals surface area contributed by atoms with Crippen LogP contribution >= 0.6 is 0 Å². The Morgan fingerprint density at radius 2 is 1.92 bits per heavy atom. The summed E-state index contributed by atoms with van der Waals surface area (Å²) >= 11 is 0. The fourth-order valence-electron chi connectivity index (χ4n) is 2.36. The molecule has 2 aromatic rings. The van der Waals surface area contributed by atoms with Crippen molar-refractivity contribution in [1.82, 2.24) is 14.7 Å². The van der Waals surface area contributed by atoms with Crippen molar-refractivity contribution in [3.05, 3.63) is 42.2 Å². The lowest BCUT2D eigenvalue weighted by Crippen LogP contribution is -2.30. The highest BCUT2D eigenvalue weighted by Gasteiger charge is 2.13. The maximum atomic E-state index is 9.82. The Labute approximate surface area is 150 Å². The Morgan fingerprint density at radius 1 is 1.24 bits per heavy atom. The first-order valence-corrected chi connectivity index (χ1v) is 8.57. The first kappa shape index (κ1) is 19.3. The van der Waals surface area contributed by atoms with Crippen LogP contribution in [-0.2, 0) is 12.1 Å². The molecule has 6 nitrogen and oxygen atoms in total. The van der Waals surface area contributed by atoms with Gasteiger partial charge in [0.2, 0.25) is 0 Å². The Hall–Kier alpha value is -2.05. The number of rotatable bonds is 8. The van der Waals surface area contributed by atoms with Crippen LogP contribution in [0.15, 0.2) is 36.7 Å². The van der Waals surface area contributed by atoms with Gasteiger partial charge in [0.05, 0.1) is 11.7 Å². The summed E-state index contributed by atoms with van der Waals surface area (Å²) in [5, 5.41) is 17.6. The standard InChI is InChI=1S/C19H30N4O2/c1-19(2,3)23-12-15(11-21-23)10-20-16-6-8-18(9-7-16)25-14-17(24)13-22(4)5/h6-9,11-12,17,20,24H,10,13-14H2,1-5H3. The van der Waals surface area contributed by atoms with Gasteiger partial charge >= 0.3 is 0 Å². The van der Waals surface area contributed by atoms with Crippen molar-refractivity contribution in [2.75, 3.05) is 32.6 Å². The Morgan fingerprint density at radius 3 is 2.48 bits per heavy atom. The minimum absolute atomic E-state index is 0.00557. The number of anilines is 1. The van der Waals surface area contributed by atoms with Crippen molar-refractivity contribution in [3.8, 4) is 5.75 Å². The summed E-state index contributed by atoms with van der Waals surface area (Å²) in [5.41, 5.74) is 2.15. The van der Waals surface area contributed by atoms with Gasteiger partial charge in [-0.1, -0.05) is 0 Å². The van der Waals surface area contributed by atoms with Gasteiger partial charge in [-0.25, -0.2) is 0 Å². The van der Waals surface area contributed by atoms with Crippen LogP contribution in [0.25, 0.3) is 0 Å². The number of benzene rings is 1. The zero-order chi connectivity index (χ0) is 18.4. The van der Waals surface area contributed by atoms with Gasteiger partial charge < -0.3 is 20.1 Å². The van der Waals surface area contributed by atoms with E-state index in [4.69, 9.17) is 4.74 Å². The lowest BCUT2D eigenvalue weighted by Gasteiger charge is -2.18. The summed E-state index contributed by atoms with van der Waals surface area (Å²) in [4.78, 5) is 1.93. The third-order valence-electron chi connectivity index (χ3n) is 3.69. The maximum Gasteiger partial charge on any atom is 0.119 e. The van der Waals surface area contributed by atoms with Crippen molar-refractivity contribution in [2.45, 2.75) is 39.0 Å². The van der Waals surface area contributed by atoms with Gasteiger partial charge in [0.15, 0.2) is 0 Å². The highest BCUT2D eigenvalue weighted by atomic mass is 16.5. The highest BCUT2D eigenvalue weighted by Crippen LogP contribution is 2.18. The molecule has 0 fully saturated rings. The molecule has 25 heavy (non-hydrogen) atoms. The molecule has 2 rings (SSSR count). The van der Waals surface area contributed by atoms with E-state index in [-0.39, 0.29) is 12.1 Å². The van der Waals surface area contributed by atoms with Crippen molar-refractivity contribution >= 4 is 5.69 Å². The summed E-state index contributed by atoms with van der Waals surface area (Å²) in [6, 6.07) is 7.76. The van der Waals surface area contributed by atoms with Crippen LogP contribution in [0.3, 0.4) is 0 Å². The van der Waals surface area contributed by atoms with E-state index in [1.807, 2.05) is 54.1 Å². The Kier molecular flexibility index (Phi) is 6.45. The summed E-state index contributed by atoms with van der Waals surface area (Å²) < 4.78 is 7.58. The van der Waals surface area contributed by atoms with E-state index in [9.17, 15) is 5.11 Å². The Bertz CT molecular complexity index is 644. The van der Waals surface area contributed by atoms with Crippen LogP contribution in [-0.4, -0.2) is 53.1 Å². The number of nitrogens with one attached hydrogen (secondary N) is 1. The van der Waals surface area contributed by atoms with Gasteiger partial charge in [-0.05, 0) is 59.1 Å². The predicted molar refractivity (Wildman–Crippen MR) is 101 cm³/mol. The molecule has 6 heteroatoms. The molecule has 0 aliphatic carbocycles. The fourth-order valence-corrected chi connectivity index (χ4v) is 2.36. The van der Waals surface area contributed by atoms with Crippen LogP contribution in [0.5, 0.6) is 5.75 Å². The number of hydrogen-bond donors (Lipinski definition) is 2. The van der Waals surface area contributed by atoms with Crippen LogP contribution < -0.4 is 10.1 Å². The van der Waals surface area contributed by atoms with E-state index >= 15 is 0 Å². The minimum atomic E-state index is -0.493. The summed E-state index contributed by atoms with van der Waals surface area (Å²) in [7, 11) is 3.85. The lowest BCUT2D eigenvalue weighted by molar-refractivity contribution is 0.0831. The monoisotopic (exact) mass is 346 g/mol. The number of nitrogens with zero attached hydrogens (tertiary/aromatic N) is 3. The molecular weight excluding hydrogens is 316 g/mol. The quantitative estimate of drug-likeness (QED) is 0.769. The topological polar surface area (TPSA) is 62.6 Å². The van der Waals surface area contributed by atoms with E-state index < -0.39 is 6.10 Å². The Balaban J connectivity index is 1.81. The molecule has 0 aliphatic heterocycles. The minimum Gasteiger partial charge on any atom is -0.491 e. The zero-order valence-corrected chi connectivity index (χ0v) is 15.9. The molecule has 1 aromatic carbocycles. The average Bonchev–Trinajstić information content (AvgIpc) is 3.00. The number of aliphatic hydroxyl groups excluding tert-OH is 1. The number of aliphatic hydroxyl groups is 1. The molecule has 1 unspecified atom stereocenters. The molecule has 1 heterocycles. The van der Waals surface area contributed by atoms with Crippen molar-refractivity contribution < 1.29 is 9.84 Å². The van der Waals surface area contributed by atoms with Gasteiger partial charge in [0, 0.05) is 30.5 Å². The van der Waals surface area contributed by atoms with Crippen molar-refractivity contribution in [2.24, 2.45) is 0 Å². The molecule has 138 valence electrons. The molecule has 0 spiro atoms.